The first-order valence-electron chi connectivity index (χ1n) is 7.29. The Balaban J connectivity index is 1.91. The molecule has 1 unspecified atom stereocenters. The van der Waals surface area contributed by atoms with Crippen molar-refractivity contribution in [2.24, 2.45) is 5.41 Å². The number of aliphatic hydroxyl groups is 1. The Labute approximate surface area is 129 Å². The first-order valence-corrected chi connectivity index (χ1v) is 7.29. The van der Waals surface area contributed by atoms with Crippen molar-refractivity contribution in [1.82, 2.24) is 4.90 Å². The maximum Gasteiger partial charge on any atom is 0.410 e. The van der Waals surface area contributed by atoms with Crippen LogP contribution in [-0.2, 0) is 20.9 Å². The van der Waals surface area contributed by atoms with Gasteiger partial charge >= 0.3 is 12.1 Å². The molecule has 1 aliphatic rings. The molecule has 0 spiro atoms. The molecule has 1 amide bonds. The molecule has 1 aromatic carbocycles. The van der Waals surface area contributed by atoms with E-state index in [9.17, 15) is 9.59 Å². The fourth-order valence-electron chi connectivity index (χ4n) is 2.61. The van der Waals surface area contributed by atoms with Crippen LogP contribution in [0.3, 0.4) is 0 Å². The second-order valence-corrected chi connectivity index (χ2v) is 5.69. The maximum atomic E-state index is 12.1. The summed E-state index contributed by atoms with van der Waals surface area (Å²) in [6, 6.07) is 9.42. The second kappa shape index (κ2) is 7.26. The lowest BCUT2D eigenvalue weighted by atomic mass is 9.82. The number of benzene rings is 1. The van der Waals surface area contributed by atoms with Crippen molar-refractivity contribution in [3.63, 3.8) is 0 Å². The van der Waals surface area contributed by atoms with E-state index < -0.39 is 24.3 Å². The van der Waals surface area contributed by atoms with Crippen LogP contribution in [0.5, 0.6) is 0 Å². The first kappa shape index (κ1) is 16.3. The minimum Gasteiger partial charge on any atom is -0.445 e. The summed E-state index contributed by atoms with van der Waals surface area (Å²) in [7, 11) is 0. The van der Waals surface area contributed by atoms with Gasteiger partial charge in [-0.15, -0.1) is 0 Å². The molecule has 1 fully saturated rings. The van der Waals surface area contributed by atoms with E-state index in [1.54, 1.807) is 6.92 Å². The topological polar surface area (TPSA) is 76.1 Å². The minimum absolute atomic E-state index is 0.202. The van der Waals surface area contributed by atoms with Crippen molar-refractivity contribution in [2.75, 3.05) is 19.9 Å². The van der Waals surface area contributed by atoms with Crippen LogP contribution in [-0.4, -0.2) is 42.0 Å². The minimum atomic E-state index is -0.799. The number of hydrogen-bond donors (Lipinski definition) is 1. The van der Waals surface area contributed by atoms with Gasteiger partial charge in [0.05, 0.1) is 5.41 Å². The van der Waals surface area contributed by atoms with Crippen molar-refractivity contribution in [2.45, 2.75) is 26.4 Å². The summed E-state index contributed by atoms with van der Waals surface area (Å²) in [6.07, 6.45) is 0.873. The Kier molecular flexibility index (Phi) is 5.38. The standard InChI is InChI=1S/C16H21NO5/c1-16(14(19)22-12-18)8-5-9-17(11-16)15(20)21-10-13-6-3-2-4-7-13/h2-4,6-7,18H,5,8-12H2,1H3. The van der Waals surface area contributed by atoms with Crippen LogP contribution in [0.25, 0.3) is 0 Å². The third-order valence-corrected chi connectivity index (χ3v) is 3.85. The van der Waals surface area contributed by atoms with Crippen LogP contribution >= 0.6 is 0 Å². The van der Waals surface area contributed by atoms with E-state index in [1.807, 2.05) is 30.3 Å². The Morgan fingerprint density at radius 2 is 2.00 bits per heavy atom. The Morgan fingerprint density at radius 1 is 1.27 bits per heavy atom. The summed E-state index contributed by atoms with van der Waals surface area (Å²) in [6.45, 7) is 2.08. The molecular formula is C16H21NO5. The monoisotopic (exact) mass is 307 g/mol. The van der Waals surface area contributed by atoms with Gasteiger partial charge < -0.3 is 19.5 Å². The second-order valence-electron chi connectivity index (χ2n) is 5.69. The third kappa shape index (κ3) is 3.98. The van der Waals surface area contributed by atoms with Gasteiger partial charge in [0, 0.05) is 13.1 Å². The normalized spacial score (nSPS) is 21.3. The molecule has 0 radical (unpaired) electrons. The third-order valence-electron chi connectivity index (χ3n) is 3.85. The van der Waals surface area contributed by atoms with E-state index in [0.29, 0.717) is 19.4 Å². The molecular weight excluding hydrogens is 286 g/mol. The number of ether oxygens (including phenoxy) is 2. The highest BCUT2D eigenvalue weighted by atomic mass is 16.6. The highest BCUT2D eigenvalue weighted by molar-refractivity contribution is 5.78. The van der Waals surface area contributed by atoms with Gasteiger partial charge in [-0.1, -0.05) is 30.3 Å². The molecule has 1 atom stereocenters. The summed E-state index contributed by atoms with van der Waals surface area (Å²) >= 11 is 0. The van der Waals surface area contributed by atoms with Gasteiger partial charge in [-0.3, -0.25) is 4.79 Å². The summed E-state index contributed by atoms with van der Waals surface area (Å²) in [5.74, 6) is -0.490. The molecule has 1 aromatic rings. The largest absolute Gasteiger partial charge is 0.445 e. The van der Waals surface area contributed by atoms with Crippen molar-refractivity contribution >= 4 is 12.1 Å². The van der Waals surface area contributed by atoms with Gasteiger partial charge in [0.25, 0.3) is 0 Å². The molecule has 6 heteroatoms. The van der Waals surface area contributed by atoms with Crippen LogP contribution in [0.1, 0.15) is 25.3 Å². The van der Waals surface area contributed by atoms with E-state index in [-0.39, 0.29) is 13.2 Å². The molecule has 120 valence electrons. The van der Waals surface area contributed by atoms with Gasteiger partial charge in [-0.05, 0) is 25.3 Å². The predicted octanol–water partition coefficient (Wildman–Crippen LogP) is 1.92. The summed E-state index contributed by atoms with van der Waals surface area (Å²) in [5.41, 5.74) is 0.113. The molecule has 2 rings (SSSR count). The fourth-order valence-corrected chi connectivity index (χ4v) is 2.61. The van der Waals surface area contributed by atoms with Gasteiger partial charge in [0.1, 0.15) is 6.61 Å². The SMILES string of the molecule is CC1(C(=O)OCO)CCCN(C(=O)OCc2ccccc2)C1. The first-order chi connectivity index (χ1) is 10.5. The lowest BCUT2D eigenvalue weighted by Gasteiger charge is -2.37. The number of hydrogen-bond acceptors (Lipinski definition) is 5. The molecule has 1 heterocycles. The number of amides is 1. The summed E-state index contributed by atoms with van der Waals surface area (Å²) in [5, 5.41) is 8.72. The van der Waals surface area contributed by atoms with Crippen LogP contribution in [0, 0.1) is 5.41 Å². The average Bonchev–Trinajstić information content (AvgIpc) is 2.54. The highest BCUT2D eigenvalue weighted by Gasteiger charge is 2.41. The van der Waals surface area contributed by atoms with Crippen molar-refractivity contribution in [3.8, 4) is 0 Å². The zero-order chi connectivity index (χ0) is 16.0. The number of esters is 1. The highest BCUT2D eigenvalue weighted by Crippen LogP contribution is 2.31. The number of rotatable bonds is 4. The van der Waals surface area contributed by atoms with E-state index in [0.717, 1.165) is 5.56 Å². The Morgan fingerprint density at radius 3 is 2.68 bits per heavy atom. The molecule has 0 bridgehead atoms. The smallest absolute Gasteiger partial charge is 0.410 e. The number of aliphatic hydroxyl groups excluding tert-OH is 1. The summed E-state index contributed by atoms with van der Waals surface area (Å²) in [4.78, 5) is 25.6. The average molecular weight is 307 g/mol. The van der Waals surface area contributed by atoms with Crippen LogP contribution in [0.15, 0.2) is 30.3 Å². The van der Waals surface area contributed by atoms with Crippen molar-refractivity contribution < 1.29 is 24.2 Å². The fraction of sp³-hybridized carbons (Fsp3) is 0.500. The Bertz CT molecular complexity index is 519. The molecule has 1 aliphatic heterocycles. The number of nitrogens with zero attached hydrogens (tertiary/aromatic N) is 1. The van der Waals surface area contributed by atoms with Crippen LogP contribution < -0.4 is 0 Å². The number of likely N-dealkylation sites (tertiary alicyclic amines) is 1. The van der Waals surface area contributed by atoms with Crippen molar-refractivity contribution in [1.29, 1.82) is 0 Å². The van der Waals surface area contributed by atoms with Gasteiger partial charge in [-0.25, -0.2) is 4.79 Å². The van der Waals surface area contributed by atoms with Gasteiger partial charge in [0.15, 0.2) is 6.79 Å². The van der Waals surface area contributed by atoms with Crippen LogP contribution in [0.4, 0.5) is 4.79 Å². The molecule has 0 aliphatic carbocycles. The summed E-state index contributed by atoms with van der Waals surface area (Å²) < 4.78 is 9.97. The van der Waals surface area contributed by atoms with Gasteiger partial charge in [0.2, 0.25) is 0 Å². The van der Waals surface area contributed by atoms with E-state index >= 15 is 0 Å². The molecule has 0 aromatic heterocycles. The van der Waals surface area contributed by atoms with Gasteiger partial charge in [-0.2, -0.15) is 0 Å². The molecule has 1 N–H and O–H groups in total. The van der Waals surface area contributed by atoms with E-state index in [1.165, 1.54) is 4.90 Å². The van der Waals surface area contributed by atoms with E-state index in [4.69, 9.17) is 9.84 Å². The molecule has 0 saturated carbocycles. The molecule has 6 nitrogen and oxygen atoms in total. The predicted molar refractivity (Wildman–Crippen MR) is 78.7 cm³/mol. The Hall–Kier alpha value is -2.08. The zero-order valence-electron chi connectivity index (χ0n) is 12.7. The van der Waals surface area contributed by atoms with Crippen molar-refractivity contribution in [3.05, 3.63) is 35.9 Å². The number of carbonyl (C=O) groups is 2. The van der Waals surface area contributed by atoms with Crippen LogP contribution in [0.2, 0.25) is 0 Å². The maximum absolute atomic E-state index is 12.1. The quantitative estimate of drug-likeness (QED) is 0.679. The lowest BCUT2D eigenvalue weighted by molar-refractivity contribution is -0.166. The molecule has 1 saturated heterocycles. The lowest BCUT2D eigenvalue weighted by Crippen LogP contribution is -2.49. The molecule has 22 heavy (non-hydrogen) atoms. The number of piperidine rings is 1. The number of carbonyl (C=O) groups excluding carboxylic acids is 2. The van der Waals surface area contributed by atoms with E-state index in [2.05, 4.69) is 4.74 Å². The zero-order valence-corrected chi connectivity index (χ0v) is 12.7.